The summed E-state index contributed by atoms with van der Waals surface area (Å²) in [5, 5.41) is 16.2. The Bertz CT molecular complexity index is 1280. The number of nitrogens with zero attached hydrogens (tertiary/aromatic N) is 4. The topological polar surface area (TPSA) is 118 Å². The van der Waals surface area contributed by atoms with Crippen LogP contribution in [0.4, 0.5) is 5.69 Å². The van der Waals surface area contributed by atoms with Gasteiger partial charge in [0.2, 0.25) is 0 Å². The maximum Gasteiger partial charge on any atom is 0.274 e. The van der Waals surface area contributed by atoms with Gasteiger partial charge < -0.3 is 5.32 Å². The molecule has 0 bridgehead atoms. The van der Waals surface area contributed by atoms with Crippen LogP contribution in [-0.4, -0.2) is 35.3 Å². The summed E-state index contributed by atoms with van der Waals surface area (Å²) in [7, 11) is -3.71. The quantitative estimate of drug-likeness (QED) is 0.593. The molecular formula is C18H13BrClN5O3S. The molecule has 3 aromatic rings. The SMILES string of the molecule is Cc1cc(C#N)cc(S(C)(=O)=O)c1NC(=O)c1cc(Br)nn1-c1ncccc1Cl. The number of nitriles is 1. The third-order valence-electron chi connectivity index (χ3n) is 3.92. The van der Waals surface area contributed by atoms with Crippen molar-refractivity contribution < 1.29 is 13.2 Å². The van der Waals surface area contributed by atoms with Crippen molar-refractivity contribution in [1.29, 1.82) is 5.26 Å². The average Bonchev–Trinajstić information content (AvgIpc) is 3.04. The molecule has 0 saturated heterocycles. The Hall–Kier alpha value is -2.74. The maximum absolute atomic E-state index is 13.0. The highest BCUT2D eigenvalue weighted by molar-refractivity contribution is 9.10. The zero-order chi connectivity index (χ0) is 21.3. The predicted molar refractivity (Wildman–Crippen MR) is 111 cm³/mol. The number of amides is 1. The van der Waals surface area contributed by atoms with Crippen LogP contribution in [0.2, 0.25) is 5.02 Å². The molecule has 0 aliphatic heterocycles. The van der Waals surface area contributed by atoms with Crippen LogP contribution in [0.5, 0.6) is 0 Å². The van der Waals surface area contributed by atoms with Gasteiger partial charge in [-0.3, -0.25) is 4.79 Å². The van der Waals surface area contributed by atoms with Gasteiger partial charge in [-0.2, -0.15) is 10.4 Å². The number of halogens is 2. The number of sulfone groups is 1. The molecule has 11 heteroatoms. The molecule has 1 N–H and O–H groups in total. The fourth-order valence-corrected chi connectivity index (χ4v) is 4.16. The van der Waals surface area contributed by atoms with E-state index in [1.54, 1.807) is 19.1 Å². The van der Waals surface area contributed by atoms with Gasteiger partial charge in [-0.15, -0.1) is 0 Å². The standard InChI is InChI=1S/C18H13BrClN5O3S/c1-10-6-11(9-21)7-14(29(2,27)28)16(10)23-18(26)13-8-15(19)24-25(13)17-12(20)4-3-5-22-17/h3-8H,1-2H3,(H,23,26). The molecule has 8 nitrogen and oxygen atoms in total. The van der Waals surface area contributed by atoms with E-state index in [1.807, 2.05) is 6.07 Å². The van der Waals surface area contributed by atoms with E-state index in [1.165, 1.54) is 29.1 Å². The number of aromatic nitrogens is 3. The van der Waals surface area contributed by atoms with Crippen molar-refractivity contribution in [3.63, 3.8) is 0 Å². The first kappa shape index (κ1) is 21.0. The minimum absolute atomic E-state index is 0.0840. The Morgan fingerprint density at radius 2 is 2.07 bits per heavy atom. The molecule has 1 amide bonds. The van der Waals surface area contributed by atoms with E-state index >= 15 is 0 Å². The highest BCUT2D eigenvalue weighted by Gasteiger charge is 2.23. The van der Waals surface area contributed by atoms with E-state index < -0.39 is 15.7 Å². The molecular weight excluding hydrogens is 482 g/mol. The summed E-state index contributed by atoms with van der Waals surface area (Å²) in [6.07, 6.45) is 2.51. The van der Waals surface area contributed by atoms with Crippen LogP contribution in [0.25, 0.3) is 5.82 Å². The van der Waals surface area contributed by atoms with E-state index in [2.05, 4.69) is 31.3 Å². The second-order valence-electron chi connectivity index (χ2n) is 6.08. The van der Waals surface area contributed by atoms with Crippen molar-refractivity contribution in [2.75, 3.05) is 11.6 Å². The smallest absolute Gasteiger partial charge is 0.274 e. The second-order valence-corrected chi connectivity index (χ2v) is 9.28. The number of carbonyl (C=O) groups is 1. The molecule has 0 radical (unpaired) electrons. The Labute approximate surface area is 180 Å². The molecule has 0 spiro atoms. The van der Waals surface area contributed by atoms with Crippen molar-refractivity contribution in [1.82, 2.24) is 14.8 Å². The summed E-state index contributed by atoms with van der Waals surface area (Å²) in [6.45, 7) is 1.61. The molecule has 2 heterocycles. The van der Waals surface area contributed by atoms with Gasteiger partial charge in [0.1, 0.15) is 10.3 Å². The Kier molecular flexibility index (Phi) is 5.75. The van der Waals surface area contributed by atoms with E-state index in [4.69, 9.17) is 16.9 Å². The number of hydrogen-bond donors (Lipinski definition) is 1. The first-order chi connectivity index (χ1) is 13.6. The molecule has 0 aliphatic rings. The van der Waals surface area contributed by atoms with Gasteiger partial charge in [-0.05, 0) is 52.7 Å². The number of aryl methyl sites for hydroxylation is 1. The van der Waals surface area contributed by atoms with Crippen LogP contribution in [0.3, 0.4) is 0 Å². The highest BCUT2D eigenvalue weighted by atomic mass is 79.9. The summed E-state index contributed by atoms with van der Waals surface area (Å²) in [6, 6.07) is 9.33. The number of hydrogen-bond acceptors (Lipinski definition) is 6. The zero-order valence-electron chi connectivity index (χ0n) is 15.1. The summed E-state index contributed by atoms with van der Waals surface area (Å²) in [4.78, 5) is 17.0. The lowest BCUT2D eigenvalue weighted by molar-refractivity contribution is 0.101. The first-order valence-corrected chi connectivity index (χ1v) is 11.1. The van der Waals surface area contributed by atoms with Gasteiger partial charge in [0.05, 0.1) is 27.2 Å². The zero-order valence-corrected chi connectivity index (χ0v) is 18.3. The van der Waals surface area contributed by atoms with Crippen molar-refractivity contribution in [2.24, 2.45) is 0 Å². The third kappa shape index (κ3) is 4.32. The lowest BCUT2D eigenvalue weighted by Gasteiger charge is -2.14. The minimum Gasteiger partial charge on any atom is -0.319 e. The predicted octanol–water partition coefficient (Wildman–Crippen LogP) is 3.52. The monoisotopic (exact) mass is 493 g/mol. The molecule has 0 atom stereocenters. The number of nitrogens with one attached hydrogen (secondary N) is 1. The van der Waals surface area contributed by atoms with Crippen LogP contribution >= 0.6 is 27.5 Å². The normalized spacial score (nSPS) is 11.1. The van der Waals surface area contributed by atoms with E-state index in [0.29, 0.717) is 10.2 Å². The minimum atomic E-state index is -3.71. The molecule has 29 heavy (non-hydrogen) atoms. The van der Waals surface area contributed by atoms with Crippen molar-refractivity contribution in [3.8, 4) is 11.9 Å². The fraction of sp³-hybridized carbons (Fsp3) is 0.111. The maximum atomic E-state index is 13.0. The van der Waals surface area contributed by atoms with Gasteiger partial charge >= 0.3 is 0 Å². The number of pyridine rings is 1. The van der Waals surface area contributed by atoms with Crippen LogP contribution < -0.4 is 5.32 Å². The lowest BCUT2D eigenvalue weighted by atomic mass is 10.1. The molecule has 0 fully saturated rings. The molecule has 0 aliphatic carbocycles. The van der Waals surface area contributed by atoms with Gasteiger partial charge in [0.15, 0.2) is 15.7 Å². The Morgan fingerprint density at radius 3 is 2.69 bits per heavy atom. The van der Waals surface area contributed by atoms with E-state index in [9.17, 15) is 13.2 Å². The molecule has 1 aromatic carbocycles. The molecule has 148 valence electrons. The van der Waals surface area contributed by atoms with E-state index in [0.717, 1.165) is 6.26 Å². The average molecular weight is 495 g/mol. The molecule has 3 rings (SSSR count). The number of anilines is 1. The molecule has 0 saturated carbocycles. The van der Waals surface area contributed by atoms with Crippen molar-refractivity contribution in [3.05, 3.63) is 63.0 Å². The summed E-state index contributed by atoms with van der Waals surface area (Å²) in [5.41, 5.74) is 0.779. The molecule has 2 aromatic heterocycles. The first-order valence-electron chi connectivity index (χ1n) is 8.04. The van der Waals surface area contributed by atoms with E-state index in [-0.39, 0.29) is 32.7 Å². The van der Waals surface area contributed by atoms with Crippen LogP contribution in [-0.2, 0) is 9.84 Å². The molecule has 0 unspecified atom stereocenters. The van der Waals surface area contributed by atoms with Crippen LogP contribution in [0.15, 0.2) is 46.0 Å². The number of carbonyl (C=O) groups excluding carboxylic acids is 1. The van der Waals surface area contributed by atoms with Gasteiger partial charge in [0.25, 0.3) is 5.91 Å². The Morgan fingerprint density at radius 1 is 1.34 bits per heavy atom. The van der Waals surface area contributed by atoms with Crippen molar-refractivity contribution in [2.45, 2.75) is 11.8 Å². The number of benzene rings is 1. The fourth-order valence-electron chi connectivity index (χ4n) is 2.66. The number of rotatable bonds is 4. The van der Waals surface area contributed by atoms with Gasteiger partial charge in [0, 0.05) is 18.5 Å². The summed E-state index contributed by atoms with van der Waals surface area (Å²) >= 11 is 9.39. The van der Waals surface area contributed by atoms with Crippen molar-refractivity contribution >= 4 is 49.0 Å². The third-order valence-corrected chi connectivity index (χ3v) is 5.72. The second kappa shape index (κ2) is 7.94. The van der Waals surface area contributed by atoms with Gasteiger partial charge in [-0.25, -0.2) is 18.1 Å². The van der Waals surface area contributed by atoms with Crippen LogP contribution in [0, 0.1) is 18.3 Å². The highest BCUT2D eigenvalue weighted by Crippen LogP contribution is 2.28. The lowest BCUT2D eigenvalue weighted by Crippen LogP contribution is -2.20. The summed E-state index contributed by atoms with van der Waals surface area (Å²) in [5.74, 6) is -0.382. The Balaban J connectivity index is 2.10. The van der Waals surface area contributed by atoms with Crippen LogP contribution in [0.1, 0.15) is 21.6 Å². The summed E-state index contributed by atoms with van der Waals surface area (Å²) < 4.78 is 26.0. The van der Waals surface area contributed by atoms with Gasteiger partial charge in [-0.1, -0.05) is 11.6 Å². The largest absolute Gasteiger partial charge is 0.319 e.